The number of carbonyl (C=O) groups excluding carboxylic acids is 2. The number of rotatable bonds is 5. The van der Waals surface area contributed by atoms with Crippen molar-refractivity contribution in [2.45, 2.75) is 63.7 Å². The Balaban J connectivity index is 1.66. The van der Waals surface area contributed by atoms with Crippen molar-refractivity contribution < 1.29 is 14.3 Å². The van der Waals surface area contributed by atoms with Gasteiger partial charge in [-0.1, -0.05) is 19.3 Å². The molecule has 0 spiro atoms. The predicted octanol–water partition coefficient (Wildman–Crippen LogP) is 2.47. The van der Waals surface area contributed by atoms with Crippen LogP contribution in [0.4, 0.5) is 0 Å². The van der Waals surface area contributed by atoms with Gasteiger partial charge in [0.2, 0.25) is 5.91 Å². The topological polar surface area (TPSA) is 73.2 Å². The monoisotopic (exact) mass is 347 g/mol. The molecule has 1 fully saturated rings. The van der Waals surface area contributed by atoms with Crippen LogP contribution in [0.5, 0.6) is 0 Å². The lowest BCUT2D eigenvalue weighted by Crippen LogP contribution is -2.42. The average Bonchev–Trinajstić information content (AvgIpc) is 3.00. The highest BCUT2D eigenvalue weighted by Gasteiger charge is 2.36. The maximum absolute atomic E-state index is 12.8. The molecule has 6 nitrogen and oxygen atoms in total. The van der Waals surface area contributed by atoms with Crippen LogP contribution in [0.25, 0.3) is 0 Å². The predicted molar refractivity (Wildman–Crippen MR) is 94.0 cm³/mol. The standard InChI is InChI=1S/C19H29N3O3/c1-22-12-15-14(7-6-8-16(15)21-22)18(24)20-13-19(11-17(23)25-2)9-4-3-5-10-19/h12,14H,3-11,13H2,1-2H3,(H,20,24)/t14-/m1/s1. The van der Waals surface area contributed by atoms with E-state index < -0.39 is 0 Å². The molecule has 1 heterocycles. The number of carbonyl (C=O) groups is 2. The third kappa shape index (κ3) is 4.05. The first-order valence-corrected chi connectivity index (χ1v) is 9.40. The fraction of sp³-hybridized carbons (Fsp3) is 0.737. The number of aryl methyl sites for hydroxylation is 2. The summed E-state index contributed by atoms with van der Waals surface area (Å²) in [5.74, 6) is -0.219. The molecule has 0 radical (unpaired) electrons. The number of aromatic nitrogens is 2. The highest BCUT2D eigenvalue weighted by atomic mass is 16.5. The van der Waals surface area contributed by atoms with Crippen LogP contribution >= 0.6 is 0 Å². The minimum Gasteiger partial charge on any atom is -0.469 e. The Hall–Kier alpha value is -1.85. The summed E-state index contributed by atoms with van der Waals surface area (Å²) < 4.78 is 6.69. The van der Waals surface area contributed by atoms with Gasteiger partial charge in [-0.3, -0.25) is 14.3 Å². The number of esters is 1. The molecule has 1 atom stereocenters. The molecule has 1 N–H and O–H groups in total. The molecule has 1 aromatic heterocycles. The van der Waals surface area contributed by atoms with Crippen LogP contribution in [0.1, 0.15) is 68.5 Å². The molecule has 0 saturated heterocycles. The van der Waals surface area contributed by atoms with Crippen LogP contribution < -0.4 is 5.32 Å². The van der Waals surface area contributed by atoms with Crippen molar-refractivity contribution in [3.63, 3.8) is 0 Å². The van der Waals surface area contributed by atoms with Crippen molar-refractivity contribution >= 4 is 11.9 Å². The van der Waals surface area contributed by atoms with Gasteiger partial charge in [-0.15, -0.1) is 0 Å². The Morgan fingerprint density at radius 2 is 2.08 bits per heavy atom. The normalized spacial score (nSPS) is 22.1. The van der Waals surface area contributed by atoms with Crippen LogP contribution in [0.15, 0.2) is 6.20 Å². The maximum Gasteiger partial charge on any atom is 0.306 e. The Bertz CT molecular complexity index is 632. The lowest BCUT2D eigenvalue weighted by atomic mass is 9.71. The van der Waals surface area contributed by atoms with Gasteiger partial charge in [0.25, 0.3) is 0 Å². The number of ether oxygens (including phenoxy) is 1. The average molecular weight is 347 g/mol. The third-order valence-electron chi connectivity index (χ3n) is 5.83. The minimum atomic E-state index is -0.177. The molecule has 0 aliphatic heterocycles. The summed E-state index contributed by atoms with van der Waals surface area (Å²) >= 11 is 0. The van der Waals surface area contributed by atoms with Gasteiger partial charge in [0.1, 0.15) is 0 Å². The fourth-order valence-electron chi connectivity index (χ4n) is 4.43. The first-order valence-electron chi connectivity index (χ1n) is 9.40. The Labute approximate surface area is 149 Å². The van der Waals surface area contributed by atoms with E-state index in [1.165, 1.54) is 13.5 Å². The van der Waals surface area contributed by atoms with Gasteiger partial charge in [0, 0.05) is 25.4 Å². The van der Waals surface area contributed by atoms with Crippen LogP contribution in [0.3, 0.4) is 0 Å². The van der Waals surface area contributed by atoms with E-state index in [0.29, 0.717) is 13.0 Å². The van der Waals surface area contributed by atoms with E-state index in [2.05, 4.69) is 10.4 Å². The smallest absolute Gasteiger partial charge is 0.306 e. The number of nitrogens with zero attached hydrogens (tertiary/aromatic N) is 2. The van der Waals surface area contributed by atoms with Gasteiger partial charge in [-0.05, 0) is 37.5 Å². The van der Waals surface area contributed by atoms with Crippen LogP contribution in [0.2, 0.25) is 0 Å². The van der Waals surface area contributed by atoms with Crippen LogP contribution in [0, 0.1) is 5.41 Å². The number of hydrogen-bond acceptors (Lipinski definition) is 4. The Morgan fingerprint density at radius 1 is 1.32 bits per heavy atom. The summed E-state index contributed by atoms with van der Waals surface area (Å²) in [5.41, 5.74) is 1.97. The first kappa shape index (κ1) is 18.0. The van der Waals surface area contributed by atoms with Crippen molar-refractivity contribution in [2.24, 2.45) is 12.5 Å². The van der Waals surface area contributed by atoms with E-state index >= 15 is 0 Å². The summed E-state index contributed by atoms with van der Waals surface area (Å²) in [5, 5.41) is 7.63. The van der Waals surface area contributed by atoms with Crippen LogP contribution in [-0.2, 0) is 27.8 Å². The molecule has 25 heavy (non-hydrogen) atoms. The van der Waals surface area contributed by atoms with Crippen LogP contribution in [-0.4, -0.2) is 35.3 Å². The van der Waals surface area contributed by atoms with Crippen molar-refractivity contribution in [1.29, 1.82) is 0 Å². The molecule has 3 rings (SSSR count). The molecule has 0 bridgehead atoms. The second-order valence-corrected chi connectivity index (χ2v) is 7.68. The number of methoxy groups -OCH3 is 1. The number of hydrogen-bond donors (Lipinski definition) is 1. The summed E-state index contributed by atoms with van der Waals surface area (Å²) in [7, 11) is 3.34. The van der Waals surface area contributed by atoms with E-state index in [1.807, 2.05) is 13.2 Å². The molecule has 138 valence electrons. The SMILES string of the molecule is COC(=O)CC1(CNC(=O)[C@@H]2CCCc3nn(C)cc32)CCCCC1. The first-order chi connectivity index (χ1) is 12.0. The third-order valence-corrected chi connectivity index (χ3v) is 5.83. The maximum atomic E-state index is 12.8. The zero-order valence-corrected chi connectivity index (χ0v) is 15.3. The molecule has 0 unspecified atom stereocenters. The molecule has 2 aliphatic rings. The zero-order chi connectivity index (χ0) is 17.9. The summed E-state index contributed by atoms with van der Waals surface area (Å²) in [6.07, 6.45) is 10.6. The number of fused-ring (bicyclic) bond motifs is 1. The molecule has 1 saturated carbocycles. The van der Waals surface area contributed by atoms with E-state index in [1.54, 1.807) is 4.68 Å². The highest BCUT2D eigenvalue weighted by Crippen LogP contribution is 2.39. The lowest BCUT2D eigenvalue weighted by Gasteiger charge is -2.37. The van der Waals surface area contributed by atoms with Crippen molar-refractivity contribution in [3.05, 3.63) is 17.5 Å². The second kappa shape index (κ2) is 7.58. The number of nitrogens with one attached hydrogen (secondary N) is 1. The lowest BCUT2D eigenvalue weighted by molar-refractivity contribution is -0.144. The summed E-state index contributed by atoms with van der Waals surface area (Å²) in [6, 6.07) is 0. The van der Waals surface area contributed by atoms with Crippen molar-refractivity contribution in [3.8, 4) is 0 Å². The van der Waals surface area contributed by atoms with E-state index in [-0.39, 0.29) is 23.2 Å². The Kier molecular flexibility index (Phi) is 5.45. The minimum absolute atomic E-state index is 0.0729. The molecule has 6 heteroatoms. The zero-order valence-electron chi connectivity index (χ0n) is 15.3. The molecule has 0 aromatic carbocycles. The van der Waals surface area contributed by atoms with Gasteiger partial charge in [-0.25, -0.2) is 0 Å². The second-order valence-electron chi connectivity index (χ2n) is 7.68. The van der Waals surface area contributed by atoms with Gasteiger partial charge < -0.3 is 10.1 Å². The quantitative estimate of drug-likeness (QED) is 0.831. The molecular formula is C19H29N3O3. The summed E-state index contributed by atoms with van der Waals surface area (Å²) in [4.78, 5) is 24.7. The van der Waals surface area contributed by atoms with E-state index in [4.69, 9.17) is 4.74 Å². The van der Waals surface area contributed by atoms with Gasteiger partial charge in [-0.2, -0.15) is 5.10 Å². The molecule has 1 amide bonds. The summed E-state index contributed by atoms with van der Waals surface area (Å²) in [6.45, 7) is 0.563. The molecule has 1 aromatic rings. The Morgan fingerprint density at radius 3 is 2.80 bits per heavy atom. The van der Waals surface area contributed by atoms with E-state index in [9.17, 15) is 9.59 Å². The van der Waals surface area contributed by atoms with E-state index in [0.717, 1.165) is 56.2 Å². The van der Waals surface area contributed by atoms with Crippen molar-refractivity contribution in [2.75, 3.05) is 13.7 Å². The highest BCUT2D eigenvalue weighted by molar-refractivity contribution is 5.84. The van der Waals surface area contributed by atoms with Gasteiger partial charge >= 0.3 is 5.97 Å². The largest absolute Gasteiger partial charge is 0.469 e. The molecule has 2 aliphatic carbocycles. The fourth-order valence-corrected chi connectivity index (χ4v) is 4.43. The van der Waals surface area contributed by atoms with Gasteiger partial charge in [0.05, 0.1) is 25.1 Å². The number of amides is 1. The van der Waals surface area contributed by atoms with Gasteiger partial charge in [0.15, 0.2) is 0 Å². The van der Waals surface area contributed by atoms with Crippen molar-refractivity contribution in [1.82, 2.24) is 15.1 Å². The molecular weight excluding hydrogens is 318 g/mol.